The van der Waals surface area contributed by atoms with Gasteiger partial charge >= 0.3 is 5.97 Å². The average Bonchev–Trinajstić information content (AvgIpc) is 2.98. The van der Waals surface area contributed by atoms with Gasteiger partial charge < -0.3 is 14.9 Å². The Hall–Kier alpha value is -1.20. The Labute approximate surface area is 155 Å². The van der Waals surface area contributed by atoms with E-state index in [4.69, 9.17) is 4.74 Å². The predicted molar refractivity (Wildman–Crippen MR) is 97.1 cm³/mol. The number of ether oxygens (including phenoxy) is 1. The van der Waals surface area contributed by atoms with Crippen molar-refractivity contribution in [1.82, 2.24) is 0 Å². The van der Waals surface area contributed by atoms with E-state index in [0.29, 0.717) is 12.8 Å². The molecule has 5 heteroatoms. The van der Waals surface area contributed by atoms with Gasteiger partial charge in [0.15, 0.2) is 0 Å². The standard InChI is InChI=1S/C21H32O5/c1-5-14-10-16(26-17(24)11-22)20(4)12(2)6-8-21(13(3)18(14)25)9-7-15(23)19(20)21/h5,12-14,16,18-19,22,25H,1,6-11H2,2-4H3/t12-,13+,14-,16-,18+,19?,20+,21+/m1/s1. The molecule has 2 bridgehead atoms. The largest absolute Gasteiger partial charge is 0.460 e. The summed E-state index contributed by atoms with van der Waals surface area (Å²) in [6.07, 6.45) is 4.24. The Kier molecular flexibility index (Phi) is 5.08. The molecule has 0 aromatic carbocycles. The van der Waals surface area contributed by atoms with Crippen LogP contribution >= 0.6 is 0 Å². The molecule has 0 amide bonds. The minimum absolute atomic E-state index is 0.0109. The van der Waals surface area contributed by atoms with Crippen LogP contribution in [0.15, 0.2) is 12.7 Å². The molecule has 2 N–H and O–H groups in total. The molecule has 0 aromatic rings. The van der Waals surface area contributed by atoms with E-state index in [1.54, 1.807) is 6.08 Å². The van der Waals surface area contributed by atoms with Crippen LogP contribution < -0.4 is 0 Å². The zero-order chi connectivity index (χ0) is 19.3. The number of carbonyl (C=O) groups excluding carboxylic acids is 2. The lowest BCUT2D eigenvalue weighted by molar-refractivity contribution is -0.199. The summed E-state index contributed by atoms with van der Waals surface area (Å²) < 4.78 is 5.70. The summed E-state index contributed by atoms with van der Waals surface area (Å²) in [5.41, 5.74) is -0.740. The van der Waals surface area contributed by atoms with Gasteiger partial charge in [-0.15, -0.1) is 6.58 Å². The zero-order valence-corrected chi connectivity index (χ0v) is 16.1. The lowest BCUT2D eigenvalue weighted by atomic mass is 9.45. The molecule has 0 radical (unpaired) electrons. The molecule has 0 saturated heterocycles. The molecular formula is C21H32O5. The van der Waals surface area contributed by atoms with Gasteiger partial charge in [0.2, 0.25) is 0 Å². The number of hydrogen-bond donors (Lipinski definition) is 2. The number of esters is 1. The van der Waals surface area contributed by atoms with E-state index in [0.717, 1.165) is 19.3 Å². The molecule has 0 aromatic heterocycles. The van der Waals surface area contributed by atoms with Crippen LogP contribution in [-0.4, -0.2) is 40.8 Å². The van der Waals surface area contributed by atoms with E-state index in [2.05, 4.69) is 27.4 Å². The van der Waals surface area contributed by atoms with Crippen molar-refractivity contribution in [1.29, 1.82) is 0 Å². The third-order valence-corrected chi connectivity index (χ3v) is 8.20. The molecular weight excluding hydrogens is 332 g/mol. The fraction of sp³-hybridized carbons (Fsp3) is 0.810. The normalized spacial score (nSPS) is 48.3. The molecule has 0 aliphatic heterocycles. The quantitative estimate of drug-likeness (QED) is 0.594. The van der Waals surface area contributed by atoms with Crippen LogP contribution in [0, 0.1) is 34.5 Å². The van der Waals surface area contributed by atoms with Crippen LogP contribution in [0.4, 0.5) is 0 Å². The van der Waals surface area contributed by atoms with Crippen molar-refractivity contribution in [2.45, 2.75) is 65.1 Å². The van der Waals surface area contributed by atoms with Gasteiger partial charge in [-0.05, 0) is 42.9 Å². The van der Waals surface area contributed by atoms with Crippen molar-refractivity contribution in [2.24, 2.45) is 34.5 Å². The molecule has 146 valence electrons. The average molecular weight is 364 g/mol. The fourth-order valence-electron chi connectivity index (χ4n) is 6.46. The lowest BCUT2D eigenvalue weighted by Gasteiger charge is -2.60. The summed E-state index contributed by atoms with van der Waals surface area (Å²) in [5, 5.41) is 20.3. The Morgan fingerprint density at radius 1 is 1.38 bits per heavy atom. The number of aliphatic hydroxyl groups is 2. The number of aliphatic hydroxyl groups excluding tert-OH is 2. The van der Waals surface area contributed by atoms with Crippen LogP contribution in [0.25, 0.3) is 0 Å². The van der Waals surface area contributed by atoms with E-state index in [1.165, 1.54) is 0 Å². The van der Waals surface area contributed by atoms with E-state index in [1.807, 2.05) is 0 Å². The van der Waals surface area contributed by atoms with E-state index in [9.17, 15) is 19.8 Å². The molecule has 8 atom stereocenters. The van der Waals surface area contributed by atoms with Crippen molar-refractivity contribution in [2.75, 3.05) is 6.61 Å². The van der Waals surface area contributed by atoms with E-state index >= 15 is 0 Å². The first-order chi connectivity index (χ1) is 12.2. The summed E-state index contributed by atoms with van der Waals surface area (Å²) in [4.78, 5) is 25.0. The highest BCUT2D eigenvalue weighted by atomic mass is 16.6. The maximum absolute atomic E-state index is 13.0. The minimum atomic E-state index is -0.678. The van der Waals surface area contributed by atoms with Crippen LogP contribution in [0.2, 0.25) is 0 Å². The first-order valence-corrected chi connectivity index (χ1v) is 9.86. The number of Topliss-reactive ketones (excluding diaryl/α,β-unsaturated/α-hetero) is 1. The molecule has 3 saturated carbocycles. The lowest BCUT2D eigenvalue weighted by Crippen LogP contribution is -2.61. The maximum atomic E-state index is 13.0. The van der Waals surface area contributed by atoms with E-state index in [-0.39, 0.29) is 34.9 Å². The molecule has 3 fully saturated rings. The molecule has 3 aliphatic rings. The van der Waals surface area contributed by atoms with Gasteiger partial charge in [-0.2, -0.15) is 0 Å². The maximum Gasteiger partial charge on any atom is 0.332 e. The first kappa shape index (κ1) is 19.6. The van der Waals surface area contributed by atoms with Crippen LogP contribution in [0.3, 0.4) is 0 Å². The second kappa shape index (κ2) is 6.75. The Balaban J connectivity index is 2.16. The van der Waals surface area contributed by atoms with Crippen LogP contribution in [0.5, 0.6) is 0 Å². The smallest absolute Gasteiger partial charge is 0.332 e. The second-order valence-electron chi connectivity index (χ2n) is 8.99. The monoisotopic (exact) mass is 364 g/mol. The van der Waals surface area contributed by atoms with Crippen molar-refractivity contribution in [3.8, 4) is 0 Å². The summed E-state index contributed by atoms with van der Waals surface area (Å²) in [7, 11) is 0. The third-order valence-electron chi connectivity index (χ3n) is 8.20. The van der Waals surface area contributed by atoms with Gasteiger partial charge in [0.25, 0.3) is 0 Å². The minimum Gasteiger partial charge on any atom is -0.460 e. The van der Waals surface area contributed by atoms with Crippen molar-refractivity contribution < 1.29 is 24.5 Å². The van der Waals surface area contributed by atoms with Crippen LogP contribution in [-0.2, 0) is 14.3 Å². The number of ketones is 1. The zero-order valence-electron chi connectivity index (χ0n) is 16.1. The topological polar surface area (TPSA) is 83.8 Å². The van der Waals surface area contributed by atoms with Gasteiger partial charge in [-0.3, -0.25) is 4.79 Å². The summed E-state index contributed by atoms with van der Waals surface area (Å²) in [6.45, 7) is 9.51. The Morgan fingerprint density at radius 3 is 2.69 bits per heavy atom. The predicted octanol–water partition coefficient (Wildman–Crippen LogP) is 2.50. The van der Waals surface area contributed by atoms with Gasteiger partial charge in [0, 0.05) is 23.7 Å². The van der Waals surface area contributed by atoms with Gasteiger partial charge in [-0.1, -0.05) is 26.8 Å². The van der Waals surface area contributed by atoms with Crippen molar-refractivity contribution in [3.63, 3.8) is 0 Å². The molecule has 3 aliphatic carbocycles. The van der Waals surface area contributed by atoms with Gasteiger partial charge in [-0.25, -0.2) is 4.79 Å². The highest BCUT2D eigenvalue weighted by Gasteiger charge is 2.67. The van der Waals surface area contributed by atoms with Crippen LogP contribution in [0.1, 0.15) is 52.9 Å². The SMILES string of the molecule is C=C[C@@H]1C[C@@H](OC(=O)CO)[C@@]2(C)C3C(=O)CC[C@@]3(CC[C@H]2C)[C@@H](C)[C@@H]1O. The highest BCUT2D eigenvalue weighted by molar-refractivity contribution is 5.85. The van der Waals surface area contributed by atoms with Crippen molar-refractivity contribution >= 4 is 11.8 Å². The summed E-state index contributed by atoms with van der Waals surface area (Å²) >= 11 is 0. The number of carbonyl (C=O) groups is 2. The summed E-state index contributed by atoms with van der Waals surface area (Å²) in [5.74, 6) is -0.656. The fourth-order valence-corrected chi connectivity index (χ4v) is 6.46. The number of hydrogen-bond acceptors (Lipinski definition) is 5. The number of rotatable bonds is 3. The highest BCUT2D eigenvalue weighted by Crippen LogP contribution is 2.66. The molecule has 0 heterocycles. The van der Waals surface area contributed by atoms with Crippen molar-refractivity contribution in [3.05, 3.63) is 12.7 Å². The molecule has 1 unspecified atom stereocenters. The Bertz CT molecular complexity index is 601. The molecule has 5 nitrogen and oxygen atoms in total. The Morgan fingerprint density at radius 2 is 2.08 bits per heavy atom. The summed E-state index contributed by atoms with van der Waals surface area (Å²) in [6, 6.07) is 0. The van der Waals surface area contributed by atoms with Gasteiger partial charge in [0.05, 0.1) is 6.10 Å². The van der Waals surface area contributed by atoms with E-state index < -0.39 is 30.2 Å². The molecule has 0 spiro atoms. The molecule has 3 rings (SSSR count). The second-order valence-corrected chi connectivity index (χ2v) is 8.99. The first-order valence-electron chi connectivity index (χ1n) is 9.86. The third kappa shape index (κ3) is 2.58. The molecule has 26 heavy (non-hydrogen) atoms. The van der Waals surface area contributed by atoms with Gasteiger partial charge in [0.1, 0.15) is 18.5 Å².